The summed E-state index contributed by atoms with van der Waals surface area (Å²) in [7, 11) is 0. The van der Waals surface area contributed by atoms with E-state index in [1.807, 2.05) is 40.7 Å². The van der Waals surface area contributed by atoms with Crippen LogP contribution in [0, 0.1) is 5.41 Å². The molecule has 0 saturated carbocycles. The van der Waals surface area contributed by atoms with Crippen LogP contribution in [0.3, 0.4) is 0 Å². The molecule has 1 atom stereocenters. The lowest BCUT2D eigenvalue weighted by molar-refractivity contribution is -0.121. The number of ketones is 1. The second-order valence-electron chi connectivity index (χ2n) is 9.94. The molecule has 0 aromatic heterocycles. The molecule has 1 aliphatic heterocycles. The Bertz CT molecular complexity index is 781. The van der Waals surface area contributed by atoms with Gasteiger partial charge in [0.1, 0.15) is 11.4 Å². The third-order valence-corrected chi connectivity index (χ3v) is 5.50. The van der Waals surface area contributed by atoms with E-state index in [-0.39, 0.29) is 11.9 Å². The van der Waals surface area contributed by atoms with Crippen LogP contribution >= 0.6 is 0 Å². The van der Waals surface area contributed by atoms with E-state index in [0.717, 1.165) is 19.6 Å². The zero-order chi connectivity index (χ0) is 23.9. The third kappa shape index (κ3) is 8.15. The highest BCUT2D eigenvalue weighted by molar-refractivity contribution is 5.86. The van der Waals surface area contributed by atoms with Crippen molar-refractivity contribution in [3.8, 4) is 5.75 Å². The number of piperazine rings is 1. The Balaban J connectivity index is 1.85. The fourth-order valence-corrected chi connectivity index (χ4v) is 3.66. The first-order valence-corrected chi connectivity index (χ1v) is 11.1. The molecule has 0 spiro atoms. The number of hydrogen-bond donors (Lipinski definition) is 1. The minimum absolute atomic E-state index is 0.116. The topological polar surface area (TPSA) is 88.2 Å². The summed E-state index contributed by atoms with van der Waals surface area (Å²) in [4.78, 5) is 40.9. The predicted molar refractivity (Wildman–Crippen MR) is 123 cm³/mol. The molecule has 1 heterocycles. The molecule has 1 aliphatic rings. The van der Waals surface area contributed by atoms with E-state index < -0.39 is 23.2 Å². The van der Waals surface area contributed by atoms with E-state index in [1.54, 1.807) is 29.2 Å². The zero-order valence-corrected chi connectivity index (χ0v) is 20.1. The number of benzene rings is 1. The van der Waals surface area contributed by atoms with Crippen LogP contribution in [0.1, 0.15) is 48.0 Å². The molecule has 0 unspecified atom stereocenters. The number of hydrogen-bond acceptors (Lipinski definition) is 6. The van der Waals surface area contributed by atoms with Gasteiger partial charge < -0.3 is 19.7 Å². The Morgan fingerprint density at radius 3 is 2.12 bits per heavy atom. The number of Topliss-reactive ketones (excluding diaryl/α,β-unsaturated/α-hetero) is 1. The Labute approximate surface area is 191 Å². The first-order valence-electron chi connectivity index (χ1n) is 11.1. The molecule has 2 amide bonds. The average molecular weight is 448 g/mol. The van der Waals surface area contributed by atoms with Gasteiger partial charge in [0, 0.05) is 26.2 Å². The van der Waals surface area contributed by atoms with Gasteiger partial charge in [0.15, 0.2) is 5.78 Å². The number of carbonyl (C=O) groups is 3. The first kappa shape index (κ1) is 25.6. The van der Waals surface area contributed by atoms with Gasteiger partial charge in [-0.3, -0.25) is 9.69 Å². The van der Waals surface area contributed by atoms with E-state index >= 15 is 0 Å². The van der Waals surface area contributed by atoms with Crippen LogP contribution in [0.4, 0.5) is 9.59 Å². The van der Waals surface area contributed by atoms with Crippen LogP contribution < -0.4 is 10.1 Å². The van der Waals surface area contributed by atoms with Gasteiger partial charge in [0.2, 0.25) is 0 Å². The van der Waals surface area contributed by atoms with Crippen LogP contribution in [-0.4, -0.2) is 72.1 Å². The molecule has 1 N–H and O–H groups in total. The molecule has 0 bridgehead atoms. The predicted octanol–water partition coefficient (Wildman–Crippen LogP) is 3.70. The minimum atomic E-state index is -0.665. The summed E-state index contributed by atoms with van der Waals surface area (Å²) in [6.07, 6.45) is -0.222. The molecule has 32 heavy (non-hydrogen) atoms. The molecule has 1 aromatic carbocycles. The summed E-state index contributed by atoms with van der Waals surface area (Å²) in [6.45, 7) is 14.4. The lowest BCUT2D eigenvalue weighted by Gasteiger charge is -2.38. The van der Waals surface area contributed by atoms with Crippen molar-refractivity contribution in [1.82, 2.24) is 15.1 Å². The second-order valence-corrected chi connectivity index (χ2v) is 9.94. The number of carbonyl (C=O) groups excluding carboxylic acids is 3. The van der Waals surface area contributed by atoms with Gasteiger partial charge in [-0.05, 0) is 58.2 Å². The Morgan fingerprint density at radius 2 is 1.59 bits per heavy atom. The highest BCUT2D eigenvalue weighted by Crippen LogP contribution is 2.27. The van der Waals surface area contributed by atoms with Crippen LogP contribution in [0.25, 0.3) is 0 Å². The molecule has 8 nitrogen and oxygen atoms in total. The minimum Gasteiger partial charge on any atom is -0.444 e. The summed E-state index contributed by atoms with van der Waals surface area (Å²) < 4.78 is 10.7. The van der Waals surface area contributed by atoms with Crippen molar-refractivity contribution >= 4 is 18.0 Å². The van der Waals surface area contributed by atoms with Crippen molar-refractivity contribution < 1.29 is 23.9 Å². The van der Waals surface area contributed by atoms with Crippen LogP contribution in [0.2, 0.25) is 0 Å². The van der Waals surface area contributed by atoms with Crippen molar-refractivity contribution in [3.63, 3.8) is 0 Å². The summed E-state index contributed by atoms with van der Waals surface area (Å²) >= 11 is 0. The summed E-state index contributed by atoms with van der Waals surface area (Å²) in [6, 6.07) is 8.09. The number of rotatable bonds is 7. The lowest BCUT2D eigenvalue weighted by Crippen LogP contribution is -2.53. The second kappa shape index (κ2) is 10.8. The lowest BCUT2D eigenvalue weighted by atomic mass is 9.79. The Morgan fingerprint density at radius 1 is 1.00 bits per heavy atom. The molecule has 1 aromatic rings. The number of ether oxygens (including phenoxy) is 2. The SMILES string of the molecule is CC(=O)[C@@H](NC(=O)Oc1ccccc1)C(C)(C)CCN1CCN(C(=O)OC(C)(C)C)CC1. The van der Waals surface area contributed by atoms with Gasteiger partial charge in [-0.1, -0.05) is 32.0 Å². The Kier molecular flexibility index (Phi) is 8.66. The van der Waals surface area contributed by atoms with Gasteiger partial charge in [0.05, 0.1) is 6.04 Å². The van der Waals surface area contributed by atoms with Crippen molar-refractivity contribution in [1.29, 1.82) is 0 Å². The zero-order valence-electron chi connectivity index (χ0n) is 20.1. The standard InChI is InChI=1S/C24H37N3O5/c1-18(28)20(25-21(29)31-19-10-8-7-9-11-19)24(5,6)12-13-26-14-16-27(17-15-26)22(30)32-23(2,3)4/h7-11,20H,12-17H2,1-6H3,(H,25,29)/t20-/m1/s1. The van der Waals surface area contributed by atoms with Crippen LogP contribution in [-0.2, 0) is 9.53 Å². The monoisotopic (exact) mass is 447 g/mol. The summed E-state index contributed by atoms with van der Waals surface area (Å²) in [5.41, 5.74) is -0.974. The van der Waals surface area contributed by atoms with Crippen molar-refractivity contribution in [2.24, 2.45) is 5.41 Å². The van der Waals surface area contributed by atoms with Gasteiger partial charge in [-0.25, -0.2) is 9.59 Å². The summed E-state index contributed by atoms with van der Waals surface area (Å²) in [5.74, 6) is 0.308. The van der Waals surface area contributed by atoms with E-state index in [9.17, 15) is 14.4 Å². The summed E-state index contributed by atoms with van der Waals surface area (Å²) in [5, 5.41) is 2.74. The number of para-hydroxylation sites is 1. The van der Waals surface area contributed by atoms with E-state index in [4.69, 9.17) is 9.47 Å². The van der Waals surface area contributed by atoms with Crippen molar-refractivity contribution in [2.75, 3.05) is 32.7 Å². The van der Waals surface area contributed by atoms with Gasteiger partial charge in [0.25, 0.3) is 0 Å². The van der Waals surface area contributed by atoms with E-state index in [1.165, 1.54) is 6.92 Å². The molecular formula is C24H37N3O5. The number of amides is 2. The van der Waals surface area contributed by atoms with Crippen LogP contribution in [0.15, 0.2) is 30.3 Å². The fraction of sp³-hybridized carbons (Fsp3) is 0.625. The van der Waals surface area contributed by atoms with Crippen molar-refractivity contribution in [2.45, 2.75) is 59.6 Å². The molecule has 1 saturated heterocycles. The maximum atomic E-state index is 12.3. The van der Waals surface area contributed by atoms with Gasteiger partial charge >= 0.3 is 12.2 Å². The maximum absolute atomic E-state index is 12.3. The van der Waals surface area contributed by atoms with Crippen molar-refractivity contribution in [3.05, 3.63) is 30.3 Å². The molecule has 0 radical (unpaired) electrons. The normalized spacial score (nSPS) is 16.2. The fourth-order valence-electron chi connectivity index (χ4n) is 3.66. The van der Waals surface area contributed by atoms with E-state index in [0.29, 0.717) is 25.3 Å². The average Bonchev–Trinajstić information content (AvgIpc) is 2.70. The first-order chi connectivity index (χ1) is 14.9. The highest BCUT2D eigenvalue weighted by atomic mass is 16.6. The largest absolute Gasteiger partial charge is 0.444 e. The highest BCUT2D eigenvalue weighted by Gasteiger charge is 2.35. The van der Waals surface area contributed by atoms with Gasteiger partial charge in [-0.15, -0.1) is 0 Å². The van der Waals surface area contributed by atoms with Gasteiger partial charge in [-0.2, -0.15) is 0 Å². The molecule has 2 rings (SSSR count). The maximum Gasteiger partial charge on any atom is 0.413 e. The molecule has 8 heteroatoms. The van der Waals surface area contributed by atoms with Crippen LogP contribution in [0.5, 0.6) is 5.75 Å². The number of nitrogens with zero attached hydrogens (tertiary/aromatic N) is 2. The molecular weight excluding hydrogens is 410 g/mol. The van der Waals surface area contributed by atoms with E-state index in [2.05, 4.69) is 10.2 Å². The molecule has 0 aliphatic carbocycles. The number of nitrogens with one attached hydrogen (secondary N) is 1. The Hall–Kier alpha value is -2.61. The third-order valence-electron chi connectivity index (χ3n) is 5.50. The molecule has 178 valence electrons. The quantitative estimate of drug-likeness (QED) is 0.686. The smallest absolute Gasteiger partial charge is 0.413 e. The molecule has 1 fully saturated rings.